The van der Waals surface area contributed by atoms with Crippen LogP contribution < -0.4 is 14.9 Å². The van der Waals surface area contributed by atoms with Gasteiger partial charge in [0.05, 0.1) is 30.2 Å². The second kappa shape index (κ2) is 11.1. The van der Waals surface area contributed by atoms with Crippen molar-refractivity contribution in [3.8, 4) is 0 Å². The second-order valence-corrected chi connectivity index (χ2v) is 12.4. The molecule has 0 unspecified atom stereocenters. The van der Waals surface area contributed by atoms with E-state index in [1.807, 2.05) is 4.90 Å². The monoisotopic (exact) mass is 604 g/mol. The number of nitrogens with zero attached hydrogens (tertiary/aromatic N) is 5. The molecule has 4 rings (SSSR count). The third-order valence-corrected chi connectivity index (χ3v) is 8.57. The van der Waals surface area contributed by atoms with Gasteiger partial charge >= 0.3 is 6.18 Å². The zero-order valence-electron chi connectivity index (χ0n) is 20.6. The van der Waals surface area contributed by atoms with Crippen LogP contribution in [0.3, 0.4) is 0 Å². The maximum atomic E-state index is 13.0. The fraction of sp³-hybridized carbons (Fsp3) is 0.391. The number of hydrogen-bond donors (Lipinski definition) is 1. The van der Waals surface area contributed by atoms with Gasteiger partial charge in [0.15, 0.2) is 0 Å². The summed E-state index contributed by atoms with van der Waals surface area (Å²) in [7, 11) is -3.80. The van der Waals surface area contributed by atoms with Crippen LogP contribution in [0.25, 0.3) is 10.2 Å². The summed E-state index contributed by atoms with van der Waals surface area (Å²) in [5.41, 5.74) is 5.79. The summed E-state index contributed by atoms with van der Waals surface area (Å²) in [5, 5.41) is 0.709. The number of aromatic nitrogens is 2. The molecule has 0 aliphatic carbocycles. The molecular formula is C23H24ClF3N6O4S2. The number of carbonyl (C=O) groups excluding carboxylic acids is 2. The fourth-order valence-corrected chi connectivity index (χ4v) is 6.37. The van der Waals surface area contributed by atoms with Gasteiger partial charge in [0.2, 0.25) is 21.8 Å². The smallest absolute Gasteiger partial charge is 0.368 e. The molecule has 39 heavy (non-hydrogen) atoms. The van der Waals surface area contributed by atoms with E-state index < -0.39 is 35.1 Å². The lowest BCUT2D eigenvalue weighted by Gasteiger charge is -2.35. The Morgan fingerprint density at radius 3 is 2.44 bits per heavy atom. The Morgan fingerprint density at radius 1 is 1.15 bits per heavy atom. The van der Waals surface area contributed by atoms with Crippen LogP contribution in [0.1, 0.15) is 10.4 Å². The van der Waals surface area contributed by atoms with E-state index in [1.165, 1.54) is 30.6 Å². The molecular weight excluding hydrogens is 581 g/mol. The number of rotatable bonds is 8. The first-order valence-electron chi connectivity index (χ1n) is 11.6. The molecule has 0 atom stereocenters. The van der Waals surface area contributed by atoms with Crippen molar-refractivity contribution in [2.24, 2.45) is 5.73 Å². The van der Waals surface area contributed by atoms with E-state index in [9.17, 15) is 31.2 Å². The van der Waals surface area contributed by atoms with Gasteiger partial charge in [-0.3, -0.25) is 13.9 Å². The number of hydrogen-bond acceptors (Lipinski definition) is 8. The van der Waals surface area contributed by atoms with E-state index in [-0.39, 0.29) is 27.9 Å². The van der Waals surface area contributed by atoms with Gasteiger partial charge in [-0.1, -0.05) is 17.7 Å². The van der Waals surface area contributed by atoms with Gasteiger partial charge in [-0.2, -0.15) is 13.2 Å². The topological polar surface area (TPSA) is 130 Å². The zero-order chi connectivity index (χ0) is 28.5. The van der Waals surface area contributed by atoms with Crippen molar-refractivity contribution >= 4 is 66.5 Å². The van der Waals surface area contributed by atoms with Gasteiger partial charge in [-0.15, -0.1) is 11.3 Å². The summed E-state index contributed by atoms with van der Waals surface area (Å²) >= 11 is 7.33. The molecule has 16 heteroatoms. The van der Waals surface area contributed by atoms with Gasteiger partial charge in [0, 0.05) is 36.1 Å². The summed E-state index contributed by atoms with van der Waals surface area (Å²) in [6.45, 7) is 1.02. The SMILES string of the molecule is CS(=O)(=O)N(CC(N)=O)c1ccc(CC(=O)N2CCN(c3ncnc4sc(CC(F)(F)F)cc34)CC2)c(Cl)c1. The number of sulfonamides is 1. The van der Waals surface area contributed by atoms with E-state index in [0.29, 0.717) is 47.8 Å². The predicted molar refractivity (Wildman–Crippen MR) is 143 cm³/mol. The van der Waals surface area contributed by atoms with Crippen LogP contribution in [0.4, 0.5) is 24.7 Å². The summed E-state index contributed by atoms with van der Waals surface area (Å²) in [5.74, 6) is -0.502. The molecule has 2 aromatic heterocycles. The van der Waals surface area contributed by atoms with Crippen LogP contribution in [0.5, 0.6) is 0 Å². The lowest BCUT2D eigenvalue weighted by Crippen LogP contribution is -2.49. The number of thiophene rings is 1. The van der Waals surface area contributed by atoms with Crippen LogP contribution in [-0.2, 0) is 32.5 Å². The number of alkyl halides is 3. The van der Waals surface area contributed by atoms with Crippen molar-refractivity contribution in [3.05, 3.63) is 46.1 Å². The summed E-state index contributed by atoms with van der Waals surface area (Å²) < 4.78 is 63.5. The lowest BCUT2D eigenvalue weighted by molar-refractivity contribution is -0.130. The molecule has 0 bridgehead atoms. The standard InChI is InChI=1S/C23H24ClF3N6O4S2/c1-39(36,37)33(12-19(28)34)15-3-2-14(18(24)9-15)8-20(35)31-4-6-32(7-5-31)21-17-10-16(11-23(25,26)27)38-22(17)30-13-29-21/h2-3,9-10,13H,4-8,11-12H2,1H3,(H2,28,34). The average molecular weight is 605 g/mol. The third kappa shape index (κ3) is 7.08. The highest BCUT2D eigenvalue weighted by atomic mass is 35.5. The van der Waals surface area contributed by atoms with Crippen LogP contribution in [0.15, 0.2) is 30.6 Å². The summed E-state index contributed by atoms with van der Waals surface area (Å²) in [4.78, 5) is 36.9. The first kappa shape index (κ1) is 28.8. The van der Waals surface area contributed by atoms with E-state index >= 15 is 0 Å². The molecule has 1 saturated heterocycles. The van der Waals surface area contributed by atoms with Gasteiger partial charge in [-0.05, 0) is 23.8 Å². The number of fused-ring (bicyclic) bond motifs is 1. The molecule has 210 valence electrons. The molecule has 0 saturated carbocycles. The maximum Gasteiger partial charge on any atom is 0.393 e. The van der Waals surface area contributed by atoms with Crippen LogP contribution >= 0.6 is 22.9 Å². The Hall–Kier alpha value is -3.17. The van der Waals surface area contributed by atoms with Gasteiger partial charge < -0.3 is 15.5 Å². The summed E-state index contributed by atoms with van der Waals surface area (Å²) in [6, 6.07) is 5.81. The lowest BCUT2D eigenvalue weighted by atomic mass is 10.1. The summed E-state index contributed by atoms with van der Waals surface area (Å²) in [6.07, 6.45) is -3.12. The zero-order valence-corrected chi connectivity index (χ0v) is 23.0. The van der Waals surface area contributed by atoms with E-state index in [2.05, 4.69) is 9.97 Å². The highest BCUT2D eigenvalue weighted by Gasteiger charge is 2.30. The van der Waals surface area contributed by atoms with Crippen molar-refractivity contribution in [2.45, 2.75) is 19.0 Å². The number of nitrogens with two attached hydrogens (primary N) is 1. The number of benzene rings is 1. The highest BCUT2D eigenvalue weighted by molar-refractivity contribution is 7.92. The average Bonchev–Trinajstić information content (AvgIpc) is 3.24. The Balaban J connectivity index is 1.42. The molecule has 1 fully saturated rings. The predicted octanol–water partition coefficient (Wildman–Crippen LogP) is 2.59. The largest absolute Gasteiger partial charge is 0.393 e. The van der Waals surface area contributed by atoms with Gasteiger partial charge in [0.25, 0.3) is 0 Å². The normalized spacial score (nSPS) is 14.6. The highest BCUT2D eigenvalue weighted by Crippen LogP contribution is 2.34. The van der Waals surface area contributed by atoms with Crippen molar-refractivity contribution in [1.82, 2.24) is 14.9 Å². The number of halogens is 4. The molecule has 1 aliphatic heterocycles. The van der Waals surface area contributed by atoms with Crippen LogP contribution in [-0.4, -0.2) is 80.3 Å². The number of anilines is 2. The minimum absolute atomic E-state index is 0.0309. The van der Waals surface area contributed by atoms with Crippen LogP contribution in [0, 0.1) is 0 Å². The fourth-order valence-electron chi connectivity index (χ4n) is 4.25. The second-order valence-electron chi connectivity index (χ2n) is 8.98. The van der Waals surface area contributed by atoms with Crippen molar-refractivity contribution in [2.75, 3.05) is 48.2 Å². The van der Waals surface area contributed by atoms with E-state index in [0.717, 1.165) is 21.9 Å². The van der Waals surface area contributed by atoms with Crippen molar-refractivity contribution < 1.29 is 31.2 Å². The minimum Gasteiger partial charge on any atom is -0.368 e. The Bertz CT molecular complexity index is 1510. The van der Waals surface area contributed by atoms with Gasteiger partial charge in [-0.25, -0.2) is 18.4 Å². The Morgan fingerprint density at radius 2 is 1.85 bits per heavy atom. The Kier molecular flexibility index (Phi) is 8.23. The number of carbonyl (C=O) groups is 2. The molecule has 0 radical (unpaired) electrons. The van der Waals surface area contributed by atoms with Crippen molar-refractivity contribution in [3.63, 3.8) is 0 Å². The Labute approximate surface area is 231 Å². The van der Waals surface area contributed by atoms with E-state index in [1.54, 1.807) is 4.90 Å². The van der Waals surface area contributed by atoms with E-state index in [4.69, 9.17) is 17.3 Å². The molecule has 3 heterocycles. The molecule has 3 aromatic rings. The molecule has 2 amide bonds. The maximum absolute atomic E-state index is 13.0. The third-order valence-electron chi connectivity index (χ3n) is 6.03. The molecule has 2 N–H and O–H groups in total. The molecule has 0 spiro atoms. The van der Waals surface area contributed by atoms with Crippen LogP contribution in [0.2, 0.25) is 5.02 Å². The molecule has 10 nitrogen and oxygen atoms in total. The first-order chi connectivity index (χ1) is 18.2. The number of amides is 2. The quantitative estimate of drug-likeness (QED) is 0.418. The molecule has 1 aliphatic rings. The van der Waals surface area contributed by atoms with Crippen molar-refractivity contribution in [1.29, 1.82) is 0 Å². The van der Waals surface area contributed by atoms with Gasteiger partial charge in [0.1, 0.15) is 23.5 Å². The molecule has 1 aromatic carbocycles. The first-order valence-corrected chi connectivity index (χ1v) is 14.6. The minimum atomic E-state index is -4.32. The number of piperazine rings is 1. The number of primary amides is 1.